The van der Waals surface area contributed by atoms with Gasteiger partial charge in [0.05, 0.1) is 5.69 Å². The van der Waals surface area contributed by atoms with Gasteiger partial charge in [-0.15, -0.1) is 0 Å². The minimum absolute atomic E-state index is 0.149. The van der Waals surface area contributed by atoms with Crippen LogP contribution in [0.4, 0.5) is 5.69 Å². The van der Waals surface area contributed by atoms with Crippen molar-refractivity contribution in [1.82, 2.24) is 0 Å². The molecule has 1 rings (SSSR count). The Morgan fingerprint density at radius 2 is 1.88 bits per heavy atom. The Kier molecular flexibility index (Phi) is 4.18. The third-order valence-electron chi connectivity index (χ3n) is 2.30. The summed E-state index contributed by atoms with van der Waals surface area (Å²) in [4.78, 5) is 1.68. The van der Waals surface area contributed by atoms with Crippen molar-refractivity contribution < 1.29 is 13.0 Å². The first-order valence-corrected chi connectivity index (χ1v) is 6.74. The molecule has 0 unspecified atom stereocenters. The Morgan fingerprint density at radius 3 is 2.31 bits per heavy atom. The zero-order valence-corrected chi connectivity index (χ0v) is 10.7. The van der Waals surface area contributed by atoms with Crippen molar-refractivity contribution in [2.24, 2.45) is 0 Å². The van der Waals surface area contributed by atoms with E-state index in [0.717, 1.165) is 0 Å². The maximum atomic E-state index is 11.2. The number of hydrogen-bond acceptors (Lipinski definition) is 3. The zero-order valence-electron chi connectivity index (χ0n) is 9.14. The van der Waals surface area contributed by atoms with Gasteiger partial charge in [-0.25, -0.2) is 0 Å². The van der Waals surface area contributed by atoms with Gasteiger partial charge in [0.15, 0.2) is 0 Å². The van der Waals surface area contributed by atoms with E-state index in [1.807, 2.05) is 18.7 Å². The van der Waals surface area contributed by atoms with Gasteiger partial charge in [-0.3, -0.25) is 4.55 Å². The van der Waals surface area contributed by atoms with Crippen LogP contribution in [0.3, 0.4) is 0 Å². The Labute approximate surface area is 101 Å². The van der Waals surface area contributed by atoms with E-state index in [9.17, 15) is 8.42 Å². The van der Waals surface area contributed by atoms with Crippen molar-refractivity contribution in [3.8, 4) is 0 Å². The van der Waals surface area contributed by atoms with Gasteiger partial charge in [-0.1, -0.05) is 11.6 Å². The van der Waals surface area contributed by atoms with Crippen LogP contribution in [-0.2, 0) is 10.1 Å². The van der Waals surface area contributed by atoms with Gasteiger partial charge < -0.3 is 4.90 Å². The quantitative estimate of drug-likeness (QED) is 0.848. The summed E-state index contributed by atoms with van der Waals surface area (Å²) < 4.78 is 31.5. The Hall–Kier alpha value is -0.780. The molecule has 0 aromatic heterocycles. The van der Waals surface area contributed by atoms with Crippen LogP contribution in [0.15, 0.2) is 23.1 Å². The molecule has 0 bridgehead atoms. The summed E-state index contributed by atoms with van der Waals surface area (Å²) in [5, 5.41) is 0.281. The summed E-state index contributed by atoms with van der Waals surface area (Å²) in [7, 11) is -4.25. The molecule has 1 N–H and O–H groups in total. The highest BCUT2D eigenvalue weighted by Gasteiger charge is 2.18. The van der Waals surface area contributed by atoms with E-state index in [0.29, 0.717) is 18.8 Å². The topological polar surface area (TPSA) is 57.6 Å². The average molecular weight is 264 g/mol. The smallest absolute Gasteiger partial charge is 0.296 e. The van der Waals surface area contributed by atoms with E-state index in [2.05, 4.69) is 0 Å². The molecule has 0 spiro atoms. The lowest BCUT2D eigenvalue weighted by atomic mass is 10.3. The van der Waals surface area contributed by atoms with Crippen LogP contribution in [0.1, 0.15) is 13.8 Å². The number of hydrogen-bond donors (Lipinski definition) is 1. The fourth-order valence-electron chi connectivity index (χ4n) is 1.52. The van der Waals surface area contributed by atoms with Gasteiger partial charge in [0.1, 0.15) is 4.90 Å². The first-order valence-electron chi connectivity index (χ1n) is 4.92. The molecule has 0 radical (unpaired) electrons. The Morgan fingerprint density at radius 1 is 1.31 bits per heavy atom. The molecular weight excluding hydrogens is 250 g/mol. The van der Waals surface area contributed by atoms with Crippen LogP contribution in [0.25, 0.3) is 0 Å². The largest absolute Gasteiger partial charge is 0.371 e. The molecule has 0 saturated heterocycles. The van der Waals surface area contributed by atoms with E-state index in [-0.39, 0.29) is 9.92 Å². The molecule has 0 aliphatic rings. The highest BCUT2D eigenvalue weighted by molar-refractivity contribution is 7.86. The molecule has 90 valence electrons. The maximum Gasteiger partial charge on any atom is 0.296 e. The van der Waals surface area contributed by atoms with E-state index in [4.69, 9.17) is 16.2 Å². The second-order valence-electron chi connectivity index (χ2n) is 3.26. The molecule has 0 amide bonds. The maximum absolute atomic E-state index is 11.2. The lowest BCUT2D eigenvalue weighted by Gasteiger charge is -2.23. The van der Waals surface area contributed by atoms with Gasteiger partial charge in [-0.05, 0) is 32.0 Å². The molecule has 4 nitrogen and oxygen atoms in total. The highest BCUT2D eigenvalue weighted by atomic mass is 35.5. The highest BCUT2D eigenvalue weighted by Crippen LogP contribution is 2.28. The minimum Gasteiger partial charge on any atom is -0.371 e. The van der Waals surface area contributed by atoms with Crippen LogP contribution in [-0.4, -0.2) is 26.1 Å². The molecular formula is C10H14ClNO3S. The number of rotatable bonds is 4. The van der Waals surface area contributed by atoms with Crippen molar-refractivity contribution in [2.45, 2.75) is 18.7 Å². The normalized spacial score (nSPS) is 11.5. The monoisotopic (exact) mass is 263 g/mol. The molecule has 16 heavy (non-hydrogen) atoms. The third kappa shape index (κ3) is 2.87. The summed E-state index contributed by atoms with van der Waals surface area (Å²) in [5.74, 6) is 0. The molecule has 0 aliphatic heterocycles. The summed E-state index contributed by atoms with van der Waals surface area (Å²) >= 11 is 5.72. The van der Waals surface area contributed by atoms with E-state index in [1.54, 1.807) is 12.1 Å². The summed E-state index contributed by atoms with van der Waals surface area (Å²) in [5.41, 5.74) is 0.469. The van der Waals surface area contributed by atoms with Crippen molar-refractivity contribution in [3.63, 3.8) is 0 Å². The fraction of sp³-hybridized carbons (Fsp3) is 0.400. The average Bonchev–Trinajstić information content (AvgIpc) is 2.20. The minimum atomic E-state index is -4.25. The van der Waals surface area contributed by atoms with Crippen molar-refractivity contribution >= 4 is 27.4 Å². The molecule has 0 fully saturated rings. The molecule has 0 saturated carbocycles. The first-order chi connectivity index (χ1) is 7.40. The molecule has 0 atom stereocenters. The van der Waals surface area contributed by atoms with E-state index in [1.165, 1.54) is 6.07 Å². The standard InChI is InChI=1S/C10H14ClNO3S/c1-3-12(4-2)9-6-5-8(11)7-10(9)16(13,14)15/h5-7H,3-4H2,1-2H3,(H,13,14,15). The van der Waals surface area contributed by atoms with Crippen LogP contribution in [0.5, 0.6) is 0 Å². The summed E-state index contributed by atoms with van der Waals surface area (Å²) in [6.45, 7) is 5.12. The van der Waals surface area contributed by atoms with Crippen LogP contribution < -0.4 is 4.90 Å². The van der Waals surface area contributed by atoms with Gasteiger partial charge in [0.2, 0.25) is 0 Å². The Balaban J connectivity index is 3.39. The van der Waals surface area contributed by atoms with Crippen molar-refractivity contribution in [2.75, 3.05) is 18.0 Å². The predicted octanol–water partition coefficient (Wildman–Crippen LogP) is 2.43. The first kappa shape index (κ1) is 13.3. The van der Waals surface area contributed by atoms with Gasteiger partial charge in [0, 0.05) is 18.1 Å². The molecule has 0 aliphatic carbocycles. The van der Waals surface area contributed by atoms with E-state index < -0.39 is 10.1 Å². The summed E-state index contributed by atoms with van der Waals surface area (Å²) in [6.07, 6.45) is 0. The van der Waals surface area contributed by atoms with Crippen LogP contribution >= 0.6 is 11.6 Å². The fourth-order valence-corrected chi connectivity index (χ4v) is 2.49. The lowest BCUT2D eigenvalue weighted by Crippen LogP contribution is -2.23. The predicted molar refractivity (Wildman–Crippen MR) is 64.8 cm³/mol. The third-order valence-corrected chi connectivity index (χ3v) is 3.42. The molecule has 6 heteroatoms. The van der Waals surface area contributed by atoms with Crippen molar-refractivity contribution in [3.05, 3.63) is 23.2 Å². The lowest BCUT2D eigenvalue weighted by molar-refractivity contribution is 0.483. The summed E-state index contributed by atoms with van der Waals surface area (Å²) in [6, 6.07) is 4.45. The molecule has 1 aromatic rings. The number of halogens is 1. The molecule has 1 aromatic carbocycles. The van der Waals surface area contributed by atoms with E-state index >= 15 is 0 Å². The van der Waals surface area contributed by atoms with Gasteiger partial charge in [0.25, 0.3) is 10.1 Å². The second kappa shape index (κ2) is 5.03. The number of anilines is 1. The molecule has 0 heterocycles. The van der Waals surface area contributed by atoms with Gasteiger partial charge in [-0.2, -0.15) is 8.42 Å². The number of nitrogens with zero attached hydrogens (tertiary/aromatic N) is 1. The van der Waals surface area contributed by atoms with Crippen LogP contribution in [0.2, 0.25) is 5.02 Å². The zero-order chi connectivity index (χ0) is 12.3. The number of benzene rings is 1. The Bertz CT molecular complexity index is 469. The van der Waals surface area contributed by atoms with Gasteiger partial charge >= 0.3 is 0 Å². The van der Waals surface area contributed by atoms with Crippen molar-refractivity contribution in [1.29, 1.82) is 0 Å². The SMILES string of the molecule is CCN(CC)c1ccc(Cl)cc1S(=O)(=O)O. The second-order valence-corrected chi connectivity index (χ2v) is 5.09. The van der Waals surface area contributed by atoms with Crippen LogP contribution in [0, 0.1) is 0 Å².